The lowest BCUT2D eigenvalue weighted by atomic mass is 10.0. The highest BCUT2D eigenvalue weighted by molar-refractivity contribution is 5.77. The summed E-state index contributed by atoms with van der Waals surface area (Å²) in [4.78, 5) is 11.9. The minimum absolute atomic E-state index is 0.349. The number of benzene rings is 2. The van der Waals surface area contributed by atoms with Crippen LogP contribution in [0.4, 0.5) is 4.39 Å². The largest absolute Gasteiger partial charge is 0.494 e. The molecule has 0 aliphatic carbocycles. The van der Waals surface area contributed by atoms with E-state index in [-0.39, 0.29) is 5.92 Å². The van der Waals surface area contributed by atoms with Gasteiger partial charge in [-0.25, -0.2) is 9.18 Å². The van der Waals surface area contributed by atoms with Crippen molar-refractivity contribution in [2.24, 2.45) is 5.92 Å². The molecule has 2 atom stereocenters. The molecule has 0 saturated heterocycles. The molecule has 0 aliphatic rings. The van der Waals surface area contributed by atoms with E-state index in [0.717, 1.165) is 29.9 Å². The number of esters is 1. The third-order valence-electron chi connectivity index (χ3n) is 6.40. The molecule has 4 heteroatoms. The van der Waals surface area contributed by atoms with Gasteiger partial charge in [0.25, 0.3) is 0 Å². The molecule has 188 valence electrons. The third-order valence-corrected chi connectivity index (χ3v) is 6.40. The van der Waals surface area contributed by atoms with Crippen LogP contribution in [0.15, 0.2) is 48.5 Å². The van der Waals surface area contributed by atoms with Crippen LogP contribution >= 0.6 is 0 Å². The molecule has 0 fully saturated rings. The zero-order valence-electron chi connectivity index (χ0n) is 21.4. The summed E-state index contributed by atoms with van der Waals surface area (Å²) in [5, 5.41) is 0. The lowest BCUT2D eigenvalue weighted by molar-refractivity contribution is -0.141. The molecule has 0 aromatic heterocycles. The van der Waals surface area contributed by atoms with Crippen molar-refractivity contribution in [1.82, 2.24) is 0 Å². The van der Waals surface area contributed by atoms with Gasteiger partial charge in [0.1, 0.15) is 11.5 Å². The summed E-state index contributed by atoms with van der Waals surface area (Å²) in [5.74, 6) is 0.0593. The van der Waals surface area contributed by atoms with Gasteiger partial charge in [-0.1, -0.05) is 109 Å². The number of ether oxygens (including phenoxy) is 2. The summed E-state index contributed by atoms with van der Waals surface area (Å²) in [7, 11) is 0. The fraction of sp³-hybridized carbons (Fsp3) is 0.567. The van der Waals surface area contributed by atoms with Gasteiger partial charge >= 0.3 is 5.97 Å². The quantitative estimate of drug-likeness (QED) is 0.131. The van der Waals surface area contributed by atoms with Gasteiger partial charge in [-0.15, -0.1) is 0 Å². The van der Waals surface area contributed by atoms with Crippen molar-refractivity contribution in [3.63, 3.8) is 0 Å². The molecule has 0 heterocycles. The van der Waals surface area contributed by atoms with Crippen LogP contribution in [0.2, 0.25) is 0 Å². The highest BCUT2D eigenvalue weighted by atomic mass is 19.1. The van der Waals surface area contributed by atoms with Crippen molar-refractivity contribution in [3.05, 3.63) is 48.5 Å². The van der Waals surface area contributed by atoms with Gasteiger partial charge in [-0.2, -0.15) is 0 Å². The molecule has 2 aromatic carbocycles. The Morgan fingerprint density at radius 1 is 0.735 bits per heavy atom. The molecule has 2 aromatic rings. The maximum absolute atomic E-state index is 14.0. The maximum Gasteiger partial charge on any atom is 0.346 e. The Balaban J connectivity index is 1.67. The fourth-order valence-corrected chi connectivity index (χ4v) is 3.85. The Kier molecular flexibility index (Phi) is 13.4. The number of unbranched alkanes of at least 4 members (excludes halogenated alkanes) is 9. The van der Waals surface area contributed by atoms with E-state index in [2.05, 4.69) is 6.92 Å². The zero-order chi connectivity index (χ0) is 24.6. The van der Waals surface area contributed by atoms with Crippen LogP contribution in [-0.4, -0.2) is 18.7 Å². The molecule has 0 bridgehead atoms. The second-order valence-electron chi connectivity index (χ2n) is 9.29. The number of alkyl halides is 1. The normalized spacial score (nSPS) is 12.8. The number of hydrogen-bond donors (Lipinski definition) is 0. The average Bonchev–Trinajstić information content (AvgIpc) is 2.87. The standard InChI is InChI=1S/C30H43FO3/c1-4-6-7-8-9-10-11-12-13-14-23-33-27-19-15-25(16-20-27)26-17-21-28(22-18-26)34-30(32)29(31)24(3)5-2/h15-22,24,29H,4-14,23H2,1-3H3. The summed E-state index contributed by atoms with van der Waals surface area (Å²) in [6.07, 6.45) is 12.2. The van der Waals surface area contributed by atoms with Crippen molar-refractivity contribution in [1.29, 1.82) is 0 Å². The molecule has 0 amide bonds. The van der Waals surface area contributed by atoms with Crippen molar-refractivity contribution in [2.75, 3.05) is 6.61 Å². The molecule has 0 saturated carbocycles. The van der Waals surface area contributed by atoms with Crippen LogP contribution in [0.3, 0.4) is 0 Å². The highest BCUT2D eigenvalue weighted by Gasteiger charge is 2.25. The summed E-state index contributed by atoms with van der Waals surface area (Å²) >= 11 is 0. The molecule has 2 rings (SSSR count). The molecule has 2 unspecified atom stereocenters. The van der Waals surface area contributed by atoms with Crippen molar-refractivity contribution < 1.29 is 18.7 Å². The Bertz CT molecular complexity index is 801. The topological polar surface area (TPSA) is 35.5 Å². The summed E-state index contributed by atoms with van der Waals surface area (Å²) in [5.41, 5.74) is 2.05. The van der Waals surface area contributed by atoms with Crippen LogP contribution in [0, 0.1) is 5.92 Å². The maximum atomic E-state index is 14.0. The van der Waals surface area contributed by atoms with E-state index in [4.69, 9.17) is 9.47 Å². The molecular weight excluding hydrogens is 427 g/mol. The molecule has 0 aliphatic heterocycles. The molecular formula is C30H43FO3. The molecule has 0 spiro atoms. The average molecular weight is 471 g/mol. The summed E-state index contributed by atoms with van der Waals surface area (Å²) < 4.78 is 25.1. The van der Waals surface area contributed by atoms with Gasteiger partial charge in [0, 0.05) is 0 Å². The Hall–Kier alpha value is -2.36. The first-order chi connectivity index (χ1) is 16.5. The lowest BCUT2D eigenvalue weighted by Gasteiger charge is -2.13. The second-order valence-corrected chi connectivity index (χ2v) is 9.29. The minimum atomic E-state index is -1.60. The van der Waals surface area contributed by atoms with Crippen LogP contribution in [0.5, 0.6) is 11.5 Å². The number of carbonyl (C=O) groups is 1. The van der Waals surface area contributed by atoms with E-state index >= 15 is 0 Å². The first-order valence-corrected chi connectivity index (χ1v) is 13.2. The number of rotatable bonds is 17. The zero-order valence-corrected chi connectivity index (χ0v) is 21.4. The van der Waals surface area contributed by atoms with E-state index in [1.807, 2.05) is 43.3 Å². The van der Waals surface area contributed by atoms with E-state index in [1.54, 1.807) is 19.1 Å². The van der Waals surface area contributed by atoms with Gasteiger partial charge in [-0.05, 0) is 47.7 Å². The van der Waals surface area contributed by atoms with Crippen LogP contribution < -0.4 is 9.47 Å². The first kappa shape index (κ1) is 27.9. The minimum Gasteiger partial charge on any atom is -0.494 e. The number of hydrogen-bond acceptors (Lipinski definition) is 3. The highest BCUT2D eigenvalue weighted by Crippen LogP contribution is 2.25. The van der Waals surface area contributed by atoms with Gasteiger partial charge in [0.15, 0.2) is 6.17 Å². The van der Waals surface area contributed by atoms with Gasteiger partial charge in [0.05, 0.1) is 6.61 Å². The van der Waals surface area contributed by atoms with Crippen LogP contribution in [0.25, 0.3) is 11.1 Å². The Morgan fingerprint density at radius 3 is 1.71 bits per heavy atom. The number of halogens is 1. The Morgan fingerprint density at radius 2 is 1.21 bits per heavy atom. The lowest BCUT2D eigenvalue weighted by Crippen LogP contribution is -2.27. The van der Waals surface area contributed by atoms with E-state index < -0.39 is 12.1 Å². The van der Waals surface area contributed by atoms with E-state index in [1.165, 1.54) is 57.8 Å². The monoisotopic (exact) mass is 470 g/mol. The summed E-state index contributed by atoms with van der Waals surface area (Å²) in [6.45, 7) is 6.58. The first-order valence-electron chi connectivity index (χ1n) is 13.2. The Labute approximate surface area is 206 Å². The summed E-state index contributed by atoms with van der Waals surface area (Å²) in [6, 6.07) is 15.2. The number of carbonyl (C=O) groups excluding carboxylic acids is 1. The molecule has 0 radical (unpaired) electrons. The van der Waals surface area contributed by atoms with Crippen molar-refractivity contribution >= 4 is 5.97 Å². The van der Waals surface area contributed by atoms with Gasteiger partial charge < -0.3 is 9.47 Å². The molecule has 34 heavy (non-hydrogen) atoms. The van der Waals surface area contributed by atoms with Gasteiger partial charge in [0.2, 0.25) is 0 Å². The van der Waals surface area contributed by atoms with Crippen LogP contribution in [-0.2, 0) is 4.79 Å². The molecule has 3 nitrogen and oxygen atoms in total. The predicted octanol–water partition coefficient (Wildman–Crippen LogP) is 8.94. The molecule has 0 N–H and O–H groups in total. The van der Waals surface area contributed by atoms with E-state index in [9.17, 15) is 9.18 Å². The van der Waals surface area contributed by atoms with Crippen molar-refractivity contribution in [3.8, 4) is 22.6 Å². The van der Waals surface area contributed by atoms with Crippen LogP contribution in [0.1, 0.15) is 91.4 Å². The van der Waals surface area contributed by atoms with E-state index in [0.29, 0.717) is 12.2 Å². The fourth-order valence-electron chi connectivity index (χ4n) is 3.85. The second kappa shape index (κ2) is 16.3. The third kappa shape index (κ3) is 10.3. The smallest absolute Gasteiger partial charge is 0.346 e. The SMILES string of the molecule is CCCCCCCCCCCCOc1ccc(-c2ccc(OC(=O)C(F)C(C)CC)cc2)cc1. The predicted molar refractivity (Wildman–Crippen MR) is 139 cm³/mol. The van der Waals surface area contributed by atoms with Gasteiger partial charge in [-0.3, -0.25) is 0 Å². The van der Waals surface area contributed by atoms with Crippen molar-refractivity contribution in [2.45, 2.75) is 97.6 Å².